The number of aromatic nitrogens is 2. The summed E-state index contributed by atoms with van der Waals surface area (Å²) in [7, 11) is 3.56. The van der Waals surface area contributed by atoms with E-state index < -0.39 is 0 Å². The second-order valence-electron chi connectivity index (χ2n) is 7.26. The molecule has 1 aromatic carbocycles. The fourth-order valence-electron chi connectivity index (χ4n) is 3.46. The predicted octanol–water partition coefficient (Wildman–Crippen LogP) is 3.00. The first-order chi connectivity index (χ1) is 14.1. The van der Waals surface area contributed by atoms with Crippen LogP contribution in [0.3, 0.4) is 0 Å². The van der Waals surface area contributed by atoms with E-state index >= 15 is 0 Å². The zero-order valence-corrected chi connectivity index (χ0v) is 18.7. The Morgan fingerprint density at radius 2 is 1.97 bits per heavy atom. The first-order valence-corrected chi connectivity index (χ1v) is 11.1. The summed E-state index contributed by atoms with van der Waals surface area (Å²) >= 11 is 1.51. The average molecular weight is 417 g/mol. The summed E-state index contributed by atoms with van der Waals surface area (Å²) in [5.41, 5.74) is 1.33. The van der Waals surface area contributed by atoms with Crippen LogP contribution in [0.2, 0.25) is 0 Å². The van der Waals surface area contributed by atoms with Crippen LogP contribution in [0.25, 0.3) is 0 Å². The molecule has 29 heavy (non-hydrogen) atoms. The number of methoxy groups -OCH3 is 1. The predicted molar refractivity (Wildman–Crippen MR) is 120 cm³/mol. The van der Waals surface area contributed by atoms with Gasteiger partial charge in [0.05, 0.1) is 7.11 Å². The highest BCUT2D eigenvalue weighted by atomic mass is 32.1. The van der Waals surface area contributed by atoms with Crippen LogP contribution in [0.1, 0.15) is 37.6 Å². The number of guanidine groups is 1. The summed E-state index contributed by atoms with van der Waals surface area (Å²) in [5, 5.41) is 4.58. The van der Waals surface area contributed by atoms with Gasteiger partial charge in [-0.25, -0.2) is 4.98 Å². The smallest absolute Gasteiger partial charge is 0.205 e. The normalized spacial score (nSPS) is 16.1. The Balaban J connectivity index is 1.44. The fourth-order valence-corrected chi connectivity index (χ4v) is 4.26. The van der Waals surface area contributed by atoms with E-state index in [0.717, 1.165) is 68.2 Å². The Hall–Kier alpha value is -2.35. The molecule has 0 spiro atoms. The molecule has 2 aromatic rings. The van der Waals surface area contributed by atoms with E-state index in [1.165, 1.54) is 17.1 Å². The van der Waals surface area contributed by atoms with Gasteiger partial charge in [-0.05, 0) is 30.0 Å². The van der Waals surface area contributed by atoms with E-state index in [0.29, 0.717) is 5.92 Å². The maximum atomic E-state index is 5.24. The third kappa shape index (κ3) is 5.59. The van der Waals surface area contributed by atoms with Crippen LogP contribution in [0.5, 0.6) is 5.75 Å². The molecule has 1 aromatic heterocycles. The molecule has 2 heterocycles. The fraction of sp³-hybridized carbons (Fsp3) is 0.571. The topological polar surface area (TPSA) is 65.9 Å². The molecule has 1 unspecified atom stereocenters. The summed E-state index contributed by atoms with van der Waals surface area (Å²) in [6, 6.07) is 8.35. The molecular weight excluding hydrogens is 384 g/mol. The zero-order chi connectivity index (χ0) is 20.6. The van der Waals surface area contributed by atoms with Crippen LogP contribution in [0.15, 0.2) is 29.3 Å². The summed E-state index contributed by atoms with van der Waals surface area (Å²) in [6.45, 7) is 9.02. The molecule has 1 saturated heterocycles. The van der Waals surface area contributed by atoms with Crippen molar-refractivity contribution in [2.45, 2.75) is 32.6 Å². The number of anilines is 1. The van der Waals surface area contributed by atoms with Crippen LogP contribution >= 0.6 is 11.5 Å². The quantitative estimate of drug-likeness (QED) is 0.553. The molecule has 3 rings (SSSR count). The van der Waals surface area contributed by atoms with Crippen molar-refractivity contribution in [1.29, 1.82) is 0 Å². The number of aliphatic imine (C=N–C) groups is 1. The molecule has 7 nitrogen and oxygen atoms in total. The number of nitrogens with zero attached hydrogens (tertiary/aromatic N) is 5. The summed E-state index contributed by atoms with van der Waals surface area (Å²) in [4.78, 5) is 13.8. The molecule has 1 fully saturated rings. The minimum absolute atomic E-state index is 0.480. The number of nitrogens with one attached hydrogen (secondary N) is 1. The largest absolute Gasteiger partial charge is 0.497 e. The van der Waals surface area contributed by atoms with Gasteiger partial charge in [0.15, 0.2) is 5.96 Å². The number of benzene rings is 1. The Kier molecular flexibility index (Phi) is 7.69. The van der Waals surface area contributed by atoms with E-state index in [1.54, 1.807) is 7.11 Å². The first kappa shape index (κ1) is 21.4. The maximum absolute atomic E-state index is 5.24. The first-order valence-electron chi connectivity index (χ1n) is 10.3. The lowest BCUT2D eigenvalue weighted by atomic mass is 9.98. The van der Waals surface area contributed by atoms with Gasteiger partial charge in [-0.2, -0.15) is 4.37 Å². The van der Waals surface area contributed by atoms with Crippen LogP contribution in [-0.2, 0) is 6.42 Å². The lowest BCUT2D eigenvalue weighted by Crippen LogP contribution is -2.52. The minimum Gasteiger partial charge on any atom is -0.497 e. The van der Waals surface area contributed by atoms with Crippen molar-refractivity contribution >= 4 is 22.6 Å². The molecule has 8 heteroatoms. The molecule has 0 amide bonds. The van der Waals surface area contributed by atoms with Gasteiger partial charge in [0.25, 0.3) is 0 Å². The lowest BCUT2D eigenvalue weighted by Gasteiger charge is -2.36. The van der Waals surface area contributed by atoms with Crippen molar-refractivity contribution in [3.63, 3.8) is 0 Å². The summed E-state index contributed by atoms with van der Waals surface area (Å²) in [5.74, 6) is 3.31. The van der Waals surface area contributed by atoms with Crippen molar-refractivity contribution in [3.8, 4) is 5.75 Å². The molecule has 1 N–H and O–H groups in total. The molecule has 1 aliphatic heterocycles. The maximum Gasteiger partial charge on any atom is 0.205 e. The molecule has 0 saturated carbocycles. The van der Waals surface area contributed by atoms with Gasteiger partial charge in [0, 0.05) is 57.7 Å². The van der Waals surface area contributed by atoms with Gasteiger partial charge in [-0.15, -0.1) is 0 Å². The van der Waals surface area contributed by atoms with Crippen molar-refractivity contribution < 1.29 is 4.74 Å². The van der Waals surface area contributed by atoms with Gasteiger partial charge in [0.2, 0.25) is 5.13 Å². The standard InChI is InChI=1S/C21H32N6OS/c1-5-19-24-21(29-25-19)27-14-12-26(13-15-27)20(22-3)23-11-10-16(2)17-6-8-18(28-4)9-7-17/h6-9,16H,5,10-15H2,1-4H3,(H,22,23). The Morgan fingerprint density at radius 1 is 1.24 bits per heavy atom. The van der Waals surface area contributed by atoms with Crippen LogP contribution < -0.4 is 15.0 Å². The lowest BCUT2D eigenvalue weighted by molar-refractivity contribution is 0.371. The number of hydrogen-bond donors (Lipinski definition) is 1. The van der Waals surface area contributed by atoms with Crippen LogP contribution in [-0.4, -0.2) is 67.1 Å². The number of hydrogen-bond acceptors (Lipinski definition) is 6. The number of rotatable bonds is 7. The molecule has 0 aliphatic carbocycles. The molecule has 0 radical (unpaired) electrons. The Morgan fingerprint density at radius 3 is 2.55 bits per heavy atom. The van der Waals surface area contributed by atoms with E-state index in [2.05, 4.69) is 55.4 Å². The Bertz CT molecular complexity index is 783. The summed E-state index contributed by atoms with van der Waals surface area (Å²) < 4.78 is 9.65. The van der Waals surface area contributed by atoms with E-state index in [-0.39, 0.29) is 0 Å². The van der Waals surface area contributed by atoms with E-state index in [1.807, 2.05) is 19.2 Å². The molecular formula is C21H32N6OS. The van der Waals surface area contributed by atoms with E-state index in [9.17, 15) is 0 Å². The Labute approximate surface area is 178 Å². The molecule has 0 bridgehead atoms. The SMILES string of the molecule is CCc1nsc(N2CCN(C(=NC)NCCC(C)c3ccc(OC)cc3)CC2)n1. The third-order valence-electron chi connectivity index (χ3n) is 5.38. The van der Waals surface area contributed by atoms with Crippen molar-refractivity contribution in [2.75, 3.05) is 51.8 Å². The zero-order valence-electron chi connectivity index (χ0n) is 17.9. The molecule has 158 valence electrons. The highest BCUT2D eigenvalue weighted by Crippen LogP contribution is 2.22. The molecule has 1 atom stereocenters. The van der Waals surface area contributed by atoms with Gasteiger partial charge >= 0.3 is 0 Å². The van der Waals surface area contributed by atoms with Gasteiger partial charge in [-0.3, -0.25) is 4.99 Å². The highest BCUT2D eigenvalue weighted by molar-refractivity contribution is 7.09. The number of ether oxygens (including phenoxy) is 1. The number of aryl methyl sites for hydroxylation is 1. The monoisotopic (exact) mass is 416 g/mol. The third-order valence-corrected chi connectivity index (χ3v) is 6.20. The van der Waals surface area contributed by atoms with Gasteiger partial charge in [-0.1, -0.05) is 26.0 Å². The second-order valence-corrected chi connectivity index (χ2v) is 7.99. The second kappa shape index (κ2) is 10.4. The van der Waals surface area contributed by atoms with Gasteiger partial charge < -0.3 is 19.9 Å². The summed E-state index contributed by atoms with van der Waals surface area (Å²) in [6.07, 6.45) is 1.94. The highest BCUT2D eigenvalue weighted by Gasteiger charge is 2.22. The van der Waals surface area contributed by atoms with E-state index in [4.69, 9.17) is 4.74 Å². The van der Waals surface area contributed by atoms with Gasteiger partial charge in [0.1, 0.15) is 11.6 Å². The minimum atomic E-state index is 0.480. The van der Waals surface area contributed by atoms with Crippen molar-refractivity contribution in [1.82, 2.24) is 19.6 Å². The van der Waals surface area contributed by atoms with Crippen LogP contribution in [0, 0.1) is 0 Å². The van der Waals surface area contributed by atoms with Crippen LogP contribution in [0.4, 0.5) is 5.13 Å². The number of piperazine rings is 1. The molecule has 1 aliphatic rings. The van der Waals surface area contributed by atoms with Crippen molar-refractivity contribution in [2.24, 2.45) is 4.99 Å². The average Bonchev–Trinajstić information content (AvgIpc) is 3.26. The van der Waals surface area contributed by atoms with Crippen molar-refractivity contribution in [3.05, 3.63) is 35.7 Å².